The predicted molar refractivity (Wildman–Crippen MR) is 45.3 cm³/mol. The number of carbonyl (C=O) groups is 1. The third-order valence-electron chi connectivity index (χ3n) is 1.77. The Morgan fingerprint density at radius 3 is 2.73 bits per heavy atom. The molecule has 0 N–H and O–H groups in total. The van der Waals surface area contributed by atoms with Crippen LogP contribution in [0.3, 0.4) is 0 Å². The van der Waals surface area contributed by atoms with E-state index in [-0.39, 0.29) is 22.6 Å². The Kier molecular flexibility index (Phi) is 2.45. The average Bonchev–Trinajstić information content (AvgIpc) is 1.85. The summed E-state index contributed by atoms with van der Waals surface area (Å²) in [5, 5.41) is -0.0345. The molecule has 0 aromatic carbocycles. The molecule has 0 spiro atoms. The van der Waals surface area contributed by atoms with Crippen molar-refractivity contribution in [1.29, 1.82) is 0 Å². The largest absolute Gasteiger partial charge is 0.453 e. The Morgan fingerprint density at radius 2 is 2.27 bits per heavy atom. The van der Waals surface area contributed by atoms with Gasteiger partial charge in [0.1, 0.15) is 6.10 Å². The zero-order valence-electron chi connectivity index (χ0n) is 6.53. The quantitative estimate of drug-likeness (QED) is 0.410. The van der Waals surface area contributed by atoms with Crippen molar-refractivity contribution in [1.82, 2.24) is 0 Å². The summed E-state index contributed by atoms with van der Waals surface area (Å²) in [4.78, 5) is 10.8. The molecule has 1 fully saturated rings. The first-order valence-corrected chi connectivity index (χ1v) is 4.36. The highest BCUT2D eigenvalue weighted by Gasteiger charge is 2.32. The van der Waals surface area contributed by atoms with E-state index < -0.39 is 0 Å². The molecule has 0 aromatic rings. The first-order valence-electron chi connectivity index (χ1n) is 3.48. The van der Waals surface area contributed by atoms with Crippen molar-refractivity contribution in [3.05, 3.63) is 0 Å². The molecule has 2 nitrogen and oxygen atoms in total. The standard InChI is InChI=1S/C8H10O2S/c1-4-7-5(2)10-8(9)11-6(7)3/h1,5-7H,2-3H3. The Hall–Kier alpha value is -0.620. The number of hydrogen-bond donors (Lipinski definition) is 0. The summed E-state index contributed by atoms with van der Waals surface area (Å²) in [5.41, 5.74) is 0. The van der Waals surface area contributed by atoms with Gasteiger partial charge in [-0.05, 0) is 18.7 Å². The molecule has 0 aromatic heterocycles. The van der Waals surface area contributed by atoms with E-state index in [1.165, 1.54) is 11.8 Å². The van der Waals surface area contributed by atoms with Crippen molar-refractivity contribution in [3.63, 3.8) is 0 Å². The molecule has 0 saturated carbocycles. The average molecular weight is 170 g/mol. The Morgan fingerprint density at radius 1 is 1.64 bits per heavy atom. The Labute approximate surface area is 70.7 Å². The van der Waals surface area contributed by atoms with Crippen LogP contribution in [0.4, 0.5) is 4.79 Å². The van der Waals surface area contributed by atoms with Gasteiger partial charge in [0.05, 0.1) is 5.92 Å². The van der Waals surface area contributed by atoms with E-state index in [9.17, 15) is 4.79 Å². The van der Waals surface area contributed by atoms with E-state index in [0.717, 1.165) is 0 Å². The number of carbonyl (C=O) groups excluding carboxylic acids is 1. The van der Waals surface area contributed by atoms with Gasteiger partial charge in [0, 0.05) is 5.25 Å². The van der Waals surface area contributed by atoms with Crippen LogP contribution in [0.5, 0.6) is 0 Å². The van der Waals surface area contributed by atoms with Gasteiger partial charge in [-0.1, -0.05) is 12.8 Å². The molecular formula is C8H10O2S. The maximum Gasteiger partial charge on any atom is 0.367 e. The number of rotatable bonds is 0. The van der Waals surface area contributed by atoms with Crippen LogP contribution in [0, 0.1) is 18.3 Å². The molecule has 0 bridgehead atoms. The first-order chi connectivity index (χ1) is 5.15. The van der Waals surface area contributed by atoms with Gasteiger partial charge in [0.2, 0.25) is 0 Å². The summed E-state index contributed by atoms with van der Waals surface area (Å²) >= 11 is 1.17. The maximum atomic E-state index is 10.8. The predicted octanol–water partition coefficient (Wildman–Crippen LogP) is 1.90. The molecule has 1 aliphatic heterocycles. The van der Waals surface area contributed by atoms with E-state index in [4.69, 9.17) is 11.2 Å². The molecule has 1 rings (SSSR count). The van der Waals surface area contributed by atoms with Crippen molar-refractivity contribution in [2.75, 3.05) is 0 Å². The number of hydrogen-bond acceptors (Lipinski definition) is 3. The summed E-state index contributed by atoms with van der Waals surface area (Å²) in [6.45, 7) is 3.78. The van der Waals surface area contributed by atoms with E-state index in [1.807, 2.05) is 13.8 Å². The zero-order chi connectivity index (χ0) is 8.43. The minimum atomic E-state index is -0.212. The number of ether oxygens (including phenoxy) is 1. The minimum Gasteiger partial charge on any atom is -0.453 e. The van der Waals surface area contributed by atoms with Crippen LogP contribution in [0.1, 0.15) is 13.8 Å². The van der Waals surface area contributed by atoms with Crippen LogP contribution in [0.15, 0.2) is 0 Å². The molecule has 11 heavy (non-hydrogen) atoms. The van der Waals surface area contributed by atoms with Crippen LogP contribution in [0.2, 0.25) is 0 Å². The van der Waals surface area contributed by atoms with Gasteiger partial charge in [-0.2, -0.15) is 0 Å². The molecule has 0 aliphatic carbocycles. The summed E-state index contributed by atoms with van der Waals surface area (Å²) in [6.07, 6.45) is 5.14. The van der Waals surface area contributed by atoms with Gasteiger partial charge in [-0.15, -0.1) is 6.42 Å². The van der Waals surface area contributed by atoms with E-state index in [0.29, 0.717) is 0 Å². The Balaban J connectivity index is 2.68. The summed E-state index contributed by atoms with van der Waals surface area (Å²) in [6, 6.07) is 0. The van der Waals surface area contributed by atoms with Crippen LogP contribution in [0.25, 0.3) is 0 Å². The first kappa shape index (κ1) is 8.48. The van der Waals surface area contributed by atoms with E-state index in [1.54, 1.807) is 0 Å². The van der Waals surface area contributed by atoms with Crippen molar-refractivity contribution in [2.45, 2.75) is 25.2 Å². The van der Waals surface area contributed by atoms with Crippen LogP contribution in [-0.4, -0.2) is 16.7 Å². The van der Waals surface area contributed by atoms with Gasteiger partial charge in [-0.25, -0.2) is 4.79 Å². The number of cyclic esters (lactones) is 1. The minimum absolute atomic E-state index is 0.0534. The van der Waals surface area contributed by atoms with Crippen molar-refractivity contribution in [3.8, 4) is 12.3 Å². The third-order valence-corrected chi connectivity index (χ3v) is 2.72. The second-order valence-electron chi connectivity index (χ2n) is 2.59. The van der Waals surface area contributed by atoms with Crippen LogP contribution < -0.4 is 0 Å². The van der Waals surface area contributed by atoms with Gasteiger partial charge in [0.15, 0.2) is 0 Å². The molecular weight excluding hydrogens is 160 g/mol. The highest BCUT2D eigenvalue weighted by Crippen LogP contribution is 2.30. The van der Waals surface area contributed by atoms with Crippen molar-refractivity contribution >= 4 is 17.1 Å². The molecule has 3 heteroatoms. The number of thioether (sulfide) groups is 1. The highest BCUT2D eigenvalue weighted by molar-refractivity contribution is 8.13. The second-order valence-corrected chi connectivity index (χ2v) is 3.90. The molecule has 60 valence electrons. The SMILES string of the molecule is C#CC1C(C)OC(=O)SC1C. The third kappa shape index (κ3) is 1.69. The highest BCUT2D eigenvalue weighted by atomic mass is 32.2. The van der Waals surface area contributed by atoms with Gasteiger partial charge >= 0.3 is 5.30 Å². The smallest absolute Gasteiger partial charge is 0.367 e. The molecule has 3 atom stereocenters. The lowest BCUT2D eigenvalue weighted by atomic mass is 10.0. The second kappa shape index (κ2) is 3.19. The fourth-order valence-corrected chi connectivity index (χ4v) is 2.09. The van der Waals surface area contributed by atoms with Gasteiger partial charge < -0.3 is 4.74 Å². The molecule has 1 heterocycles. The van der Waals surface area contributed by atoms with E-state index in [2.05, 4.69) is 5.92 Å². The van der Waals surface area contributed by atoms with Gasteiger partial charge in [-0.3, -0.25) is 0 Å². The topological polar surface area (TPSA) is 26.3 Å². The fraction of sp³-hybridized carbons (Fsp3) is 0.625. The fourth-order valence-electron chi connectivity index (χ4n) is 1.13. The summed E-state index contributed by atoms with van der Waals surface area (Å²) in [5.74, 6) is 2.68. The molecule has 1 saturated heterocycles. The number of terminal acetylenes is 1. The molecule has 3 unspecified atom stereocenters. The van der Waals surface area contributed by atoms with Crippen molar-refractivity contribution in [2.24, 2.45) is 5.92 Å². The molecule has 0 amide bonds. The lowest BCUT2D eigenvalue weighted by Crippen LogP contribution is -2.34. The van der Waals surface area contributed by atoms with Crippen LogP contribution in [-0.2, 0) is 4.74 Å². The lowest BCUT2D eigenvalue weighted by molar-refractivity contribution is 0.104. The molecule has 0 radical (unpaired) electrons. The van der Waals surface area contributed by atoms with Crippen LogP contribution >= 0.6 is 11.8 Å². The normalized spacial score (nSPS) is 37.5. The van der Waals surface area contributed by atoms with Gasteiger partial charge in [0.25, 0.3) is 0 Å². The lowest BCUT2D eigenvalue weighted by Gasteiger charge is -2.29. The van der Waals surface area contributed by atoms with E-state index >= 15 is 0 Å². The summed E-state index contributed by atoms with van der Waals surface area (Å²) in [7, 11) is 0. The maximum absolute atomic E-state index is 10.8. The molecule has 1 aliphatic rings. The zero-order valence-corrected chi connectivity index (χ0v) is 7.35. The Bertz CT molecular complexity index is 193. The van der Waals surface area contributed by atoms with Crippen molar-refractivity contribution < 1.29 is 9.53 Å². The summed E-state index contributed by atoms with van der Waals surface area (Å²) < 4.78 is 4.94. The monoisotopic (exact) mass is 170 g/mol.